The van der Waals surface area contributed by atoms with Crippen LogP contribution < -0.4 is 10.5 Å². The van der Waals surface area contributed by atoms with Crippen molar-refractivity contribution >= 4 is 5.82 Å². The molecule has 0 atom stereocenters. The molecule has 112 valence electrons. The van der Waals surface area contributed by atoms with Gasteiger partial charge in [0.2, 0.25) is 0 Å². The van der Waals surface area contributed by atoms with Gasteiger partial charge in [0.25, 0.3) is 5.56 Å². The van der Waals surface area contributed by atoms with E-state index in [1.165, 1.54) is 0 Å². The van der Waals surface area contributed by atoms with Crippen molar-refractivity contribution in [3.05, 3.63) is 22.7 Å². The molecule has 0 spiro atoms. The Labute approximate surface area is 119 Å². The average Bonchev–Trinajstić information content (AvgIpc) is 2.42. The van der Waals surface area contributed by atoms with Crippen molar-refractivity contribution in [3.63, 3.8) is 0 Å². The third-order valence-electron chi connectivity index (χ3n) is 3.55. The van der Waals surface area contributed by atoms with Gasteiger partial charge in [-0.1, -0.05) is 13.8 Å². The molecule has 0 bridgehead atoms. The van der Waals surface area contributed by atoms with Gasteiger partial charge in [0.05, 0.1) is 6.61 Å². The summed E-state index contributed by atoms with van der Waals surface area (Å²) in [4.78, 5) is 20.9. The maximum absolute atomic E-state index is 12.4. The van der Waals surface area contributed by atoms with Crippen molar-refractivity contribution in [2.75, 3.05) is 44.2 Å². The highest BCUT2D eigenvalue weighted by molar-refractivity contribution is 5.36. The lowest BCUT2D eigenvalue weighted by Gasteiger charge is -2.34. The minimum atomic E-state index is -0.00296. The lowest BCUT2D eigenvalue weighted by atomic mass is 10.2. The molecule has 2 rings (SSSR count). The van der Waals surface area contributed by atoms with E-state index in [2.05, 4.69) is 23.7 Å². The number of hydrogen-bond acceptors (Lipinski definition) is 5. The van der Waals surface area contributed by atoms with Crippen LogP contribution in [-0.4, -0.2) is 58.9 Å². The molecular formula is C14H24N4O2. The molecule has 1 aromatic heterocycles. The number of aromatic nitrogens is 2. The maximum Gasteiger partial charge on any atom is 0.293 e. The van der Waals surface area contributed by atoms with E-state index in [1.54, 1.807) is 17.0 Å². The van der Waals surface area contributed by atoms with Crippen molar-refractivity contribution in [1.29, 1.82) is 0 Å². The van der Waals surface area contributed by atoms with Gasteiger partial charge in [0.1, 0.15) is 0 Å². The summed E-state index contributed by atoms with van der Waals surface area (Å²) in [6.45, 7) is 9.10. The molecule has 0 amide bonds. The molecule has 0 saturated carbocycles. The van der Waals surface area contributed by atoms with Crippen molar-refractivity contribution in [2.24, 2.45) is 5.92 Å². The first-order valence-corrected chi connectivity index (χ1v) is 7.25. The van der Waals surface area contributed by atoms with E-state index >= 15 is 0 Å². The molecule has 0 unspecified atom stereocenters. The molecule has 6 nitrogen and oxygen atoms in total. The van der Waals surface area contributed by atoms with E-state index in [0.29, 0.717) is 18.3 Å². The Morgan fingerprint density at radius 2 is 2.00 bits per heavy atom. The fourth-order valence-electron chi connectivity index (χ4n) is 2.51. The zero-order chi connectivity index (χ0) is 14.5. The molecular weight excluding hydrogens is 256 g/mol. The summed E-state index contributed by atoms with van der Waals surface area (Å²) in [5.74, 6) is 0.987. The minimum absolute atomic E-state index is 0.00296. The van der Waals surface area contributed by atoms with Crippen LogP contribution in [0.2, 0.25) is 0 Å². The quantitative estimate of drug-likeness (QED) is 0.823. The Hall–Kier alpha value is -1.40. The Balaban J connectivity index is 2.08. The Morgan fingerprint density at radius 1 is 1.30 bits per heavy atom. The van der Waals surface area contributed by atoms with Gasteiger partial charge in [-0.25, -0.2) is 4.98 Å². The number of rotatable bonds is 5. The van der Waals surface area contributed by atoms with E-state index in [4.69, 9.17) is 5.11 Å². The van der Waals surface area contributed by atoms with Crippen molar-refractivity contribution < 1.29 is 5.11 Å². The number of hydrogen-bond donors (Lipinski definition) is 1. The molecule has 1 fully saturated rings. The molecule has 1 N–H and O–H groups in total. The van der Waals surface area contributed by atoms with Gasteiger partial charge >= 0.3 is 0 Å². The predicted octanol–water partition coefficient (Wildman–Crippen LogP) is 0.0136. The first-order valence-electron chi connectivity index (χ1n) is 7.25. The van der Waals surface area contributed by atoms with Crippen LogP contribution in [0.3, 0.4) is 0 Å². The van der Waals surface area contributed by atoms with Crippen LogP contribution in [0.5, 0.6) is 0 Å². The minimum Gasteiger partial charge on any atom is -0.395 e. The number of aliphatic hydroxyl groups excluding tert-OH is 1. The highest BCUT2D eigenvalue weighted by Gasteiger charge is 2.20. The van der Waals surface area contributed by atoms with E-state index in [9.17, 15) is 4.79 Å². The molecule has 2 heterocycles. The van der Waals surface area contributed by atoms with Gasteiger partial charge in [0.15, 0.2) is 5.82 Å². The Bertz CT molecular complexity index is 478. The third kappa shape index (κ3) is 3.58. The van der Waals surface area contributed by atoms with Crippen LogP contribution in [0.1, 0.15) is 13.8 Å². The van der Waals surface area contributed by atoms with Gasteiger partial charge < -0.3 is 14.6 Å². The van der Waals surface area contributed by atoms with Crippen LogP contribution in [0.15, 0.2) is 17.2 Å². The van der Waals surface area contributed by atoms with Gasteiger partial charge in [-0.05, 0) is 5.92 Å². The predicted molar refractivity (Wildman–Crippen MR) is 79.1 cm³/mol. The summed E-state index contributed by atoms with van der Waals surface area (Å²) < 4.78 is 1.74. The van der Waals surface area contributed by atoms with Crippen LogP contribution in [0.25, 0.3) is 0 Å². The summed E-state index contributed by atoms with van der Waals surface area (Å²) in [7, 11) is 0. The van der Waals surface area contributed by atoms with Crippen molar-refractivity contribution in [3.8, 4) is 0 Å². The first-order chi connectivity index (χ1) is 9.61. The topological polar surface area (TPSA) is 61.6 Å². The molecule has 20 heavy (non-hydrogen) atoms. The second-order valence-corrected chi connectivity index (χ2v) is 5.65. The van der Waals surface area contributed by atoms with Crippen LogP contribution in [-0.2, 0) is 6.54 Å². The number of piperazine rings is 1. The number of β-amino-alcohol motifs (C(OH)–C–C–N with tert-alkyl or cyclic N) is 1. The van der Waals surface area contributed by atoms with E-state index in [0.717, 1.165) is 32.7 Å². The van der Waals surface area contributed by atoms with Gasteiger partial charge in [-0.3, -0.25) is 9.69 Å². The molecule has 1 aromatic rings. The molecule has 1 aliphatic rings. The highest BCUT2D eigenvalue weighted by Crippen LogP contribution is 2.09. The standard InChI is InChI=1S/C14H24N4O2/c1-12(2)11-18-4-3-15-13(14(18)20)17-7-5-16(6-8-17)9-10-19/h3-4,12,19H,5-11H2,1-2H3. The van der Waals surface area contributed by atoms with Crippen molar-refractivity contribution in [1.82, 2.24) is 14.5 Å². The Kier molecular flexibility index (Phi) is 5.14. The third-order valence-corrected chi connectivity index (χ3v) is 3.55. The fourth-order valence-corrected chi connectivity index (χ4v) is 2.51. The molecule has 1 aliphatic heterocycles. The monoisotopic (exact) mass is 280 g/mol. The SMILES string of the molecule is CC(C)Cn1ccnc(N2CCN(CCO)CC2)c1=O. The van der Waals surface area contributed by atoms with E-state index < -0.39 is 0 Å². The first kappa shape index (κ1) is 15.0. The summed E-state index contributed by atoms with van der Waals surface area (Å²) >= 11 is 0. The summed E-state index contributed by atoms with van der Waals surface area (Å²) in [6.07, 6.45) is 3.47. The lowest BCUT2D eigenvalue weighted by Crippen LogP contribution is -2.49. The Morgan fingerprint density at radius 3 is 2.60 bits per heavy atom. The van der Waals surface area contributed by atoms with Gasteiger partial charge in [-0.15, -0.1) is 0 Å². The van der Waals surface area contributed by atoms with Crippen molar-refractivity contribution in [2.45, 2.75) is 20.4 Å². The number of anilines is 1. The molecule has 0 aliphatic carbocycles. The number of nitrogens with zero attached hydrogens (tertiary/aromatic N) is 4. The smallest absolute Gasteiger partial charge is 0.293 e. The largest absolute Gasteiger partial charge is 0.395 e. The van der Waals surface area contributed by atoms with Gasteiger partial charge in [0, 0.05) is 51.7 Å². The van der Waals surface area contributed by atoms with E-state index in [-0.39, 0.29) is 12.2 Å². The number of aliphatic hydroxyl groups is 1. The zero-order valence-electron chi connectivity index (χ0n) is 12.3. The second-order valence-electron chi connectivity index (χ2n) is 5.65. The van der Waals surface area contributed by atoms with E-state index in [1.807, 2.05) is 4.90 Å². The second kappa shape index (κ2) is 6.85. The lowest BCUT2D eigenvalue weighted by molar-refractivity contribution is 0.188. The fraction of sp³-hybridized carbons (Fsp3) is 0.714. The highest BCUT2D eigenvalue weighted by atomic mass is 16.3. The van der Waals surface area contributed by atoms with Crippen LogP contribution in [0, 0.1) is 5.92 Å². The molecule has 0 aromatic carbocycles. The molecule has 1 saturated heterocycles. The normalized spacial score (nSPS) is 16.9. The summed E-state index contributed by atoms with van der Waals surface area (Å²) in [6, 6.07) is 0. The maximum atomic E-state index is 12.4. The van der Waals surface area contributed by atoms with Crippen LogP contribution >= 0.6 is 0 Å². The summed E-state index contributed by atoms with van der Waals surface area (Å²) in [5.41, 5.74) is -0.00296. The van der Waals surface area contributed by atoms with Gasteiger partial charge in [-0.2, -0.15) is 0 Å². The average molecular weight is 280 g/mol. The zero-order valence-corrected chi connectivity index (χ0v) is 12.3. The summed E-state index contributed by atoms with van der Waals surface area (Å²) in [5, 5.41) is 8.94. The molecule has 0 radical (unpaired) electrons. The molecule has 6 heteroatoms. The van der Waals surface area contributed by atoms with Crippen LogP contribution in [0.4, 0.5) is 5.82 Å².